The lowest BCUT2D eigenvalue weighted by Crippen LogP contribution is -2.40. The molecule has 0 bridgehead atoms. The Morgan fingerprint density at radius 2 is 0.810 bits per heavy atom. The van der Waals surface area contributed by atoms with Gasteiger partial charge in [0.2, 0.25) is 0 Å². The molecule has 0 aliphatic heterocycles. The third-order valence-corrected chi connectivity index (χ3v) is 9.30. The van der Waals surface area contributed by atoms with Crippen molar-refractivity contribution in [3.63, 3.8) is 0 Å². The van der Waals surface area contributed by atoms with Gasteiger partial charge in [0, 0.05) is 24.8 Å². The molecule has 0 saturated carbocycles. The van der Waals surface area contributed by atoms with Gasteiger partial charge in [-0.25, -0.2) is 0 Å². The van der Waals surface area contributed by atoms with Gasteiger partial charge in [0.1, 0.15) is 0 Å². The standard InChI is InChI=1S/C10H14ClF9Si/c11-7-21(4-1-8(12,13)14,5-2-9(15,16)17)6-3-10(18,19)20/h1-7H2. The van der Waals surface area contributed by atoms with Gasteiger partial charge in [-0.15, -0.1) is 11.6 Å². The molecule has 128 valence electrons. The van der Waals surface area contributed by atoms with Crippen molar-refractivity contribution in [2.24, 2.45) is 0 Å². The van der Waals surface area contributed by atoms with E-state index in [0.717, 1.165) is 0 Å². The maximum absolute atomic E-state index is 12.2. The van der Waals surface area contributed by atoms with E-state index in [-0.39, 0.29) is 0 Å². The molecule has 0 aliphatic rings. The first kappa shape index (κ1) is 20.9. The van der Waals surface area contributed by atoms with E-state index in [1.807, 2.05) is 0 Å². The first-order valence-electron chi connectivity index (χ1n) is 5.94. The van der Waals surface area contributed by atoms with E-state index in [1.54, 1.807) is 0 Å². The molecule has 0 fully saturated rings. The zero-order valence-electron chi connectivity index (χ0n) is 10.7. The highest BCUT2D eigenvalue weighted by molar-refractivity contribution is 6.85. The van der Waals surface area contributed by atoms with Crippen LogP contribution in [0.5, 0.6) is 0 Å². The van der Waals surface area contributed by atoms with Gasteiger partial charge in [0.25, 0.3) is 0 Å². The first-order valence-corrected chi connectivity index (χ1v) is 9.31. The van der Waals surface area contributed by atoms with Gasteiger partial charge in [-0.2, -0.15) is 39.5 Å². The van der Waals surface area contributed by atoms with Crippen molar-refractivity contribution in [1.29, 1.82) is 0 Å². The highest BCUT2D eigenvalue weighted by atomic mass is 35.5. The molecule has 0 aromatic rings. The Labute approximate surface area is 121 Å². The summed E-state index contributed by atoms with van der Waals surface area (Å²) >= 11 is 5.47. The Morgan fingerprint density at radius 3 is 0.952 bits per heavy atom. The first-order chi connectivity index (χ1) is 9.18. The van der Waals surface area contributed by atoms with Crippen LogP contribution in [0, 0.1) is 0 Å². The Kier molecular flexibility index (Phi) is 7.39. The molecule has 0 nitrogen and oxygen atoms in total. The molecule has 0 N–H and O–H groups in total. The Bertz CT molecular complexity index is 262. The molecule has 0 aliphatic carbocycles. The monoisotopic (exact) mass is 368 g/mol. The lowest BCUT2D eigenvalue weighted by Gasteiger charge is -2.31. The SMILES string of the molecule is FC(F)(F)CC[Si](CCl)(CCC(F)(F)F)CCC(F)(F)F. The highest BCUT2D eigenvalue weighted by Gasteiger charge is 2.42. The van der Waals surface area contributed by atoms with E-state index in [9.17, 15) is 39.5 Å². The fourth-order valence-electron chi connectivity index (χ4n) is 1.80. The number of alkyl halides is 10. The average Bonchev–Trinajstić information content (AvgIpc) is 2.25. The second kappa shape index (κ2) is 7.43. The van der Waals surface area contributed by atoms with Crippen LogP contribution in [0.3, 0.4) is 0 Å². The molecular formula is C10H14ClF9Si. The molecule has 0 amide bonds. The number of rotatable bonds is 7. The zero-order chi connectivity index (χ0) is 16.9. The third kappa shape index (κ3) is 11.1. The Hall–Kier alpha value is -0.123. The maximum atomic E-state index is 12.2. The van der Waals surface area contributed by atoms with Crippen LogP contribution in [0.25, 0.3) is 0 Å². The normalized spacial score (nSPS) is 14.6. The molecule has 0 atom stereocenters. The quantitative estimate of drug-likeness (QED) is 0.290. The van der Waals surface area contributed by atoms with Gasteiger partial charge in [0.05, 0.1) is 8.07 Å². The van der Waals surface area contributed by atoms with E-state index in [2.05, 4.69) is 0 Å². The average molecular weight is 369 g/mol. The van der Waals surface area contributed by atoms with Crippen LogP contribution in [0.4, 0.5) is 39.5 Å². The fraction of sp³-hybridized carbons (Fsp3) is 1.00. The predicted octanol–water partition coefficient (Wildman–Crippen LogP) is 6.07. The van der Waals surface area contributed by atoms with Gasteiger partial charge >= 0.3 is 18.5 Å². The lowest BCUT2D eigenvalue weighted by molar-refractivity contribution is -0.132. The second-order valence-electron chi connectivity index (χ2n) is 4.98. The van der Waals surface area contributed by atoms with Gasteiger partial charge < -0.3 is 0 Å². The summed E-state index contributed by atoms with van der Waals surface area (Å²) in [6, 6.07) is -2.15. The summed E-state index contributed by atoms with van der Waals surface area (Å²) in [5.74, 6) is 0. The van der Waals surface area contributed by atoms with E-state index in [4.69, 9.17) is 11.6 Å². The summed E-state index contributed by atoms with van der Waals surface area (Å²) < 4.78 is 110. The summed E-state index contributed by atoms with van der Waals surface area (Å²) in [7, 11) is -3.49. The van der Waals surface area contributed by atoms with Crippen molar-refractivity contribution in [3.8, 4) is 0 Å². The van der Waals surface area contributed by atoms with E-state index in [1.165, 1.54) is 0 Å². The molecule has 0 aromatic heterocycles. The molecule has 0 radical (unpaired) electrons. The van der Waals surface area contributed by atoms with Gasteiger partial charge in [-0.3, -0.25) is 0 Å². The molecule has 0 rings (SSSR count). The number of hydrogen-bond donors (Lipinski definition) is 0. The Balaban J connectivity index is 4.91. The smallest absolute Gasteiger partial charge is 0.171 e. The molecule has 11 heteroatoms. The topological polar surface area (TPSA) is 0 Å². The van der Waals surface area contributed by atoms with Crippen molar-refractivity contribution in [3.05, 3.63) is 0 Å². The summed E-state index contributed by atoms with van der Waals surface area (Å²) in [5.41, 5.74) is -0.546. The number of halogens is 10. The molecular weight excluding hydrogens is 355 g/mol. The van der Waals surface area contributed by atoms with Crippen molar-refractivity contribution in [2.45, 2.75) is 55.9 Å². The predicted molar refractivity (Wildman–Crippen MR) is 62.9 cm³/mol. The maximum Gasteiger partial charge on any atom is 0.388 e. The van der Waals surface area contributed by atoms with Crippen molar-refractivity contribution < 1.29 is 39.5 Å². The molecule has 21 heavy (non-hydrogen) atoms. The van der Waals surface area contributed by atoms with Crippen LogP contribution in [0.2, 0.25) is 18.1 Å². The van der Waals surface area contributed by atoms with Crippen LogP contribution >= 0.6 is 11.6 Å². The lowest BCUT2D eigenvalue weighted by atomic mass is 10.5. The minimum Gasteiger partial charge on any atom is -0.171 e. The van der Waals surface area contributed by atoms with Crippen LogP contribution in [0.15, 0.2) is 0 Å². The van der Waals surface area contributed by atoms with Crippen molar-refractivity contribution in [1.82, 2.24) is 0 Å². The van der Waals surface area contributed by atoms with E-state index in [0.29, 0.717) is 0 Å². The summed E-state index contributed by atoms with van der Waals surface area (Å²) in [4.78, 5) is 0. The molecule has 0 unspecified atom stereocenters. The Morgan fingerprint density at radius 1 is 0.571 bits per heavy atom. The van der Waals surface area contributed by atoms with Crippen molar-refractivity contribution in [2.75, 3.05) is 5.50 Å². The molecule has 0 heterocycles. The van der Waals surface area contributed by atoms with Crippen LogP contribution in [-0.4, -0.2) is 32.1 Å². The minimum atomic E-state index is -4.62. The minimum absolute atomic E-state index is 0.546. The number of hydrogen-bond acceptors (Lipinski definition) is 0. The van der Waals surface area contributed by atoms with Gasteiger partial charge in [-0.1, -0.05) is 0 Å². The van der Waals surface area contributed by atoms with Crippen LogP contribution < -0.4 is 0 Å². The van der Waals surface area contributed by atoms with E-state index < -0.39 is 69.5 Å². The fourth-order valence-corrected chi connectivity index (χ4v) is 6.59. The van der Waals surface area contributed by atoms with Gasteiger partial charge in [0.15, 0.2) is 0 Å². The highest BCUT2D eigenvalue weighted by Crippen LogP contribution is 2.38. The molecule has 0 spiro atoms. The largest absolute Gasteiger partial charge is 0.388 e. The molecule has 0 saturated heterocycles. The van der Waals surface area contributed by atoms with Gasteiger partial charge in [-0.05, 0) is 18.1 Å². The summed E-state index contributed by atoms with van der Waals surface area (Å²) in [5, 5.41) is 0. The summed E-state index contributed by atoms with van der Waals surface area (Å²) in [6.07, 6.45) is -18.1. The molecule has 0 aromatic carbocycles. The van der Waals surface area contributed by atoms with Crippen LogP contribution in [0.1, 0.15) is 19.3 Å². The summed E-state index contributed by atoms with van der Waals surface area (Å²) in [6.45, 7) is 0. The van der Waals surface area contributed by atoms with Crippen LogP contribution in [-0.2, 0) is 0 Å². The third-order valence-electron chi connectivity index (χ3n) is 3.10. The van der Waals surface area contributed by atoms with Crippen molar-refractivity contribution >= 4 is 19.7 Å². The van der Waals surface area contributed by atoms with E-state index >= 15 is 0 Å². The second-order valence-corrected chi connectivity index (χ2v) is 10.5. The zero-order valence-corrected chi connectivity index (χ0v) is 12.5.